The molecule has 1 aromatic carbocycles. The molecule has 0 bridgehead atoms. The van der Waals surface area contributed by atoms with Crippen molar-refractivity contribution in [1.29, 1.82) is 0 Å². The van der Waals surface area contributed by atoms with Crippen LogP contribution in [0.1, 0.15) is 5.56 Å². The van der Waals surface area contributed by atoms with Crippen molar-refractivity contribution in [2.75, 3.05) is 13.6 Å². The average Bonchev–Trinajstić information content (AvgIpc) is 3.20. The van der Waals surface area contributed by atoms with Gasteiger partial charge in [0.25, 0.3) is 0 Å². The number of hydrogen-bond donors (Lipinski definition) is 1. The van der Waals surface area contributed by atoms with Crippen LogP contribution in [0.5, 0.6) is 0 Å². The molecule has 120 valence electrons. The highest BCUT2D eigenvalue weighted by molar-refractivity contribution is 5.30. The summed E-state index contributed by atoms with van der Waals surface area (Å²) in [7, 11) is 1.99. The fraction of sp³-hybridized carbons (Fsp3) is 0.294. The minimum atomic E-state index is -0.455. The third kappa shape index (κ3) is 4.28. The first-order chi connectivity index (χ1) is 11.2. The highest BCUT2D eigenvalue weighted by Crippen LogP contribution is 2.09. The van der Waals surface area contributed by atoms with E-state index in [1.165, 1.54) is 0 Å². The Kier molecular flexibility index (Phi) is 4.85. The molecule has 0 saturated carbocycles. The molecular weight excluding hydrogens is 290 g/mol. The Morgan fingerprint density at radius 1 is 1.17 bits per heavy atom. The van der Waals surface area contributed by atoms with Gasteiger partial charge >= 0.3 is 0 Å². The van der Waals surface area contributed by atoms with Gasteiger partial charge in [0.2, 0.25) is 0 Å². The highest BCUT2D eigenvalue weighted by atomic mass is 16.3. The molecule has 1 atom stereocenters. The summed E-state index contributed by atoms with van der Waals surface area (Å²) in [6.07, 6.45) is 7.00. The molecule has 2 heterocycles. The first-order valence-electron chi connectivity index (χ1n) is 7.64. The molecule has 0 aliphatic rings. The first-order valence-corrected chi connectivity index (χ1v) is 7.64. The van der Waals surface area contributed by atoms with Crippen LogP contribution in [0.4, 0.5) is 0 Å². The van der Waals surface area contributed by atoms with E-state index in [9.17, 15) is 5.11 Å². The Labute approximate surface area is 135 Å². The lowest BCUT2D eigenvalue weighted by atomic mass is 10.3. The molecule has 6 nitrogen and oxygen atoms in total. The quantitative estimate of drug-likeness (QED) is 0.719. The third-order valence-corrected chi connectivity index (χ3v) is 3.59. The fourth-order valence-corrected chi connectivity index (χ4v) is 2.58. The third-order valence-electron chi connectivity index (χ3n) is 3.59. The Morgan fingerprint density at radius 2 is 2.00 bits per heavy atom. The molecule has 0 radical (unpaired) electrons. The summed E-state index contributed by atoms with van der Waals surface area (Å²) in [6.45, 7) is 1.82. The SMILES string of the molecule is CN(Cc1cnn(-c2ccccc2)c1)C[C@@H](O)Cn1cccn1. The van der Waals surface area contributed by atoms with Gasteiger partial charge < -0.3 is 5.11 Å². The van der Waals surface area contributed by atoms with Crippen LogP contribution in [0.25, 0.3) is 5.69 Å². The molecule has 0 saturated heterocycles. The molecule has 23 heavy (non-hydrogen) atoms. The van der Waals surface area contributed by atoms with Crippen LogP contribution in [-0.4, -0.2) is 49.3 Å². The smallest absolute Gasteiger partial charge is 0.0862 e. The van der Waals surface area contributed by atoms with Gasteiger partial charge in [-0.3, -0.25) is 9.58 Å². The lowest BCUT2D eigenvalue weighted by Gasteiger charge is -2.19. The van der Waals surface area contributed by atoms with Gasteiger partial charge in [-0.15, -0.1) is 0 Å². The van der Waals surface area contributed by atoms with E-state index < -0.39 is 6.10 Å². The van der Waals surface area contributed by atoms with Crippen molar-refractivity contribution in [3.8, 4) is 5.69 Å². The Morgan fingerprint density at radius 3 is 2.74 bits per heavy atom. The molecule has 0 unspecified atom stereocenters. The average molecular weight is 311 g/mol. The largest absolute Gasteiger partial charge is 0.390 e. The summed E-state index contributed by atoms with van der Waals surface area (Å²) < 4.78 is 3.61. The number of hydrogen-bond acceptors (Lipinski definition) is 4. The minimum Gasteiger partial charge on any atom is -0.390 e. The van der Waals surface area contributed by atoms with Crippen molar-refractivity contribution in [1.82, 2.24) is 24.5 Å². The maximum absolute atomic E-state index is 10.1. The molecule has 2 aromatic heterocycles. The number of rotatable bonds is 7. The van der Waals surface area contributed by atoms with Crippen LogP contribution in [0.2, 0.25) is 0 Å². The predicted molar refractivity (Wildman–Crippen MR) is 88.1 cm³/mol. The Balaban J connectivity index is 1.54. The van der Waals surface area contributed by atoms with Gasteiger partial charge in [-0.2, -0.15) is 10.2 Å². The number of likely N-dealkylation sites (N-methyl/N-ethyl adjacent to an activating group) is 1. The normalized spacial score (nSPS) is 12.7. The fourth-order valence-electron chi connectivity index (χ4n) is 2.58. The maximum atomic E-state index is 10.1. The van der Waals surface area contributed by atoms with E-state index in [-0.39, 0.29) is 0 Å². The standard InChI is InChI=1S/C17H21N5O/c1-20(13-17(23)14-21-9-5-8-18-21)11-15-10-19-22(12-15)16-6-3-2-4-7-16/h2-10,12,17,23H,11,13-14H2,1H3/t17-/m1/s1. The molecule has 0 aliphatic heterocycles. The van der Waals surface area contributed by atoms with E-state index >= 15 is 0 Å². The van der Waals surface area contributed by atoms with Crippen molar-refractivity contribution in [2.24, 2.45) is 0 Å². The molecule has 0 spiro atoms. The number of aliphatic hydroxyl groups is 1. The van der Waals surface area contributed by atoms with Gasteiger partial charge in [-0.05, 0) is 25.2 Å². The van der Waals surface area contributed by atoms with E-state index in [4.69, 9.17) is 0 Å². The number of nitrogens with zero attached hydrogens (tertiary/aromatic N) is 5. The van der Waals surface area contributed by atoms with Gasteiger partial charge in [-0.25, -0.2) is 4.68 Å². The second kappa shape index (κ2) is 7.21. The van der Waals surface area contributed by atoms with Gasteiger partial charge in [0.05, 0.1) is 24.5 Å². The van der Waals surface area contributed by atoms with Crippen molar-refractivity contribution in [3.63, 3.8) is 0 Å². The van der Waals surface area contributed by atoms with Crippen LogP contribution in [0.15, 0.2) is 61.2 Å². The van der Waals surface area contributed by atoms with E-state index in [2.05, 4.69) is 15.1 Å². The zero-order valence-electron chi connectivity index (χ0n) is 13.2. The van der Waals surface area contributed by atoms with Gasteiger partial charge in [0.15, 0.2) is 0 Å². The van der Waals surface area contributed by atoms with Crippen molar-refractivity contribution < 1.29 is 5.11 Å². The number of benzene rings is 1. The number of aliphatic hydroxyl groups excluding tert-OH is 1. The monoisotopic (exact) mass is 311 g/mol. The maximum Gasteiger partial charge on any atom is 0.0862 e. The molecule has 0 aliphatic carbocycles. The summed E-state index contributed by atoms with van der Waals surface area (Å²) >= 11 is 0. The van der Waals surface area contributed by atoms with Gasteiger partial charge in [0, 0.05) is 37.2 Å². The Hall–Kier alpha value is -2.44. The summed E-state index contributed by atoms with van der Waals surface area (Å²) in [5.74, 6) is 0. The highest BCUT2D eigenvalue weighted by Gasteiger charge is 2.11. The Bertz CT molecular complexity index is 708. The van der Waals surface area contributed by atoms with Crippen molar-refractivity contribution >= 4 is 0 Å². The van der Waals surface area contributed by atoms with Gasteiger partial charge in [-0.1, -0.05) is 18.2 Å². The van der Waals surface area contributed by atoms with E-state index in [0.717, 1.165) is 17.8 Å². The van der Waals surface area contributed by atoms with E-state index in [1.807, 2.05) is 66.7 Å². The van der Waals surface area contributed by atoms with Gasteiger partial charge in [0.1, 0.15) is 0 Å². The summed E-state index contributed by atoms with van der Waals surface area (Å²) in [6, 6.07) is 11.9. The topological polar surface area (TPSA) is 59.1 Å². The van der Waals surface area contributed by atoms with Crippen LogP contribution in [0, 0.1) is 0 Å². The lowest BCUT2D eigenvalue weighted by Crippen LogP contribution is -2.31. The molecule has 1 N–H and O–H groups in total. The van der Waals surface area contributed by atoms with Crippen LogP contribution in [0.3, 0.4) is 0 Å². The molecule has 3 rings (SSSR count). The molecular formula is C17H21N5O. The molecule has 3 aromatic rings. The van der Waals surface area contributed by atoms with E-state index in [1.54, 1.807) is 10.9 Å². The van der Waals surface area contributed by atoms with Crippen molar-refractivity contribution in [2.45, 2.75) is 19.2 Å². The second-order valence-corrected chi connectivity index (χ2v) is 5.71. The predicted octanol–water partition coefficient (Wildman–Crippen LogP) is 1.56. The molecule has 0 fully saturated rings. The lowest BCUT2D eigenvalue weighted by molar-refractivity contribution is 0.104. The minimum absolute atomic E-state index is 0.455. The summed E-state index contributed by atoms with van der Waals surface area (Å²) in [5, 5.41) is 18.6. The molecule has 0 amide bonds. The van der Waals surface area contributed by atoms with Crippen LogP contribution < -0.4 is 0 Å². The summed E-state index contributed by atoms with van der Waals surface area (Å²) in [5.41, 5.74) is 2.16. The van der Waals surface area contributed by atoms with Crippen LogP contribution >= 0.6 is 0 Å². The van der Waals surface area contributed by atoms with E-state index in [0.29, 0.717) is 13.1 Å². The van der Waals surface area contributed by atoms with Crippen LogP contribution in [-0.2, 0) is 13.1 Å². The zero-order chi connectivity index (χ0) is 16.1. The zero-order valence-corrected chi connectivity index (χ0v) is 13.2. The summed E-state index contributed by atoms with van der Waals surface area (Å²) in [4.78, 5) is 2.08. The number of aromatic nitrogens is 4. The number of para-hydroxylation sites is 1. The molecule has 6 heteroatoms. The second-order valence-electron chi connectivity index (χ2n) is 5.71. The first kappa shape index (κ1) is 15.5. The van der Waals surface area contributed by atoms with Crippen molar-refractivity contribution in [3.05, 3.63) is 66.7 Å².